The number of nitrogens with one attached hydrogen (secondary N) is 1. The molecular weight excluding hydrogens is 229 g/mol. The molecule has 96 valence electrons. The van der Waals surface area contributed by atoms with Gasteiger partial charge in [0.05, 0.1) is 0 Å². The Bertz CT molecular complexity index is 552. The normalized spacial score (nSPS) is 12.0. The molecule has 4 heteroatoms. The Labute approximate surface area is 107 Å². The molecule has 5 N–H and O–H groups in total. The zero-order valence-corrected chi connectivity index (χ0v) is 10.9. The van der Waals surface area contributed by atoms with Crippen LogP contribution in [0.4, 0.5) is 4.39 Å². The Hall–Kier alpha value is -2.10. The van der Waals surface area contributed by atoms with E-state index in [1.54, 1.807) is 32.9 Å². The van der Waals surface area contributed by atoms with Gasteiger partial charge in [0.25, 0.3) is 0 Å². The fourth-order valence-corrected chi connectivity index (χ4v) is 1.97. The van der Waals surface area contributed by atoms with Gasteiger partial charge in [-0.2, -0.15) is 0 Å². The zero-order valence-electron chi connectivity index (χ0n) is 10.9. The SMILES string of the molecule is C=C(N)c1c(C)ccc(/C(C(C)=N)=C(\C)N)c1F. The molecule has 0 amide bonds. The Morgan fingerprint density at radius 1 is 1.28 bits per heavy atom. The Morgan fingerprint density at radius 2 is 1.83 bits per heavy atom. The van der Waals surface area contributed by atoms with Crippen LogP contribution in [0.15, 0.2) is 24.4 Å². The molecule has 0 heterocycles. The van der Waals surface area contributed by atoms with E-state index in [0.29, 0.717) is 16.8 Å². The maximum Gasteiger partial charge on any atom is 0.140 e. The number of allylic oxidation sites excluding steroid dienone is 2. The largest absolute Gasteiger partial charge is 0.402 e. The molecule has 0 saturated heterocycles. The second-order valence-electron chi connectivity index (χ2n) is 4.33. The molecule has 0 aliphatic rings. The fraction of sp³-hybridized carbons (Fsp3) is 0.214. The molecule has 0 bridgehead atoms. The average Bonchev–Trinajstić information content (AvgIpc) is 2.20. The van der Waals surface area contributed by atoms with Crippen LogP contribution in [0.3, 0.4) is 0 Å². The molecular formula is C14H18FN3. The lowest BCUT2D eigenvalue weighted by atomic mass is 9.94. The summed E-state index contributed by atoms with van der Waals surface area (Å²) in [6.45, 7) is 8.55. The number of hydrogen-bond acceptors (Lipinski definition) is 3. The van der Waals surface area contributed by atoms with Crippen molar-refractivity contribution in [2.24, 2.45) is 11.5 Å². The third kappa shape index (κ3) is 2.42. The number of rotatable bonds is 3. The molecule has 1 rings (SSSR count). The lowest BCUT2D eigenvalue weighted by Gasteiger charge is -2.14. The molecule has 18 heavy (non-hydrogen) atoms. The zero-order chi connectivity index (χ0) is 14.0. The number of benzene rings is 1. The van der Waals surface area contributed by atoms with Crippen molar-refractivity contribution in [1.29, 1.82) is 5.41 Å². The van der Waals surface area contributed by atoms with Crippen molar-refractivity contribution in [3.05, 3.63) is 46.9 Å². The van der Waals surface area contributed by atoms with Crippen LogP contribution in [0.5, 0.6) is 0 Å². The van der Waals surface area contributed by atoms with Gasteiger partial charge in [-0.15, -0.1) is 0 Å². The van der Waals surface area contributed by atoms with E-state index < -0.39 is 5.82 Å². The van der Waals surface area contributed by atoms with Crippen LogP contribution < -0.4 is 11.5 Å². The number of halogens is 1. The van der Waals surface area contributed by atoms with Crippen LogP contribution in [0.2, 0.25) is 0 Å². The van der Waals surface area contributed by atoms with E-state index in [0.717, 1.165) is 0 Å². The third-order valence-corrected chi connectivity index (χ3v) is 2.71. The highest BCUT2D eigenvalue weighted by atomic mass is 19.1. The van der Waals surface area contributed by atoms with Crippen molar-refractivity contribution in [3.63, 3.8) is 0 Å². The summed E-state index contributed by atoms with van der Waals surface area (Å²) < 4.78 is 14.4. The fourth-order valence-electron chi connectivity index (χ4n) is 1.97. The summed E-state index contributed by atoms with van der Waals surface area (Å²) >= 11 is 0. The highest BCUT2D eigenvalue weighted by Crippen LogP contribution is 2.27. The van der Waals surface area contributed by atoms with E-state index in [2.05, 4.69) is 6.58 Å². The summed E-state index contributed by atoms with van der Waals surface area (Å²) in [5.41, 5.74) is 13.8. The summed E-state index contributed by atoms with van der Waals surface area (Å²) in [6.07, 6.45) is 0. The van der Waals surface area contributed by atoms with Crippen molar-refractivity contribution >= 4 is 17.0 Å². The van der Waals surface area contributed by atoms with E-state index in [4.69, 9.17) is 16.9 Å². The topological polar surface area (TPSA) is 75.9 Å². The maximum absolute atomic E-state index is 14.4. The van der Waals surface area contributed by atoms with Gasteiger partial charge in [-0.1, -0.05) is 18.7 Å². The standard InChI is InChI=1S/C14H18FN3/c1-7-5-6-11(13(9(3)17)10(4)18)14(15)12(7)8(2)16/h5-6,17H,2,16,18H2,1,3-4H3/b13-10+,17-9?. The van der Waals surface area contributed by atoms with Gasteiger partial charge in [-0.3, -0.25) is 0 Å². The van der Waals surface area contributed by atoms with Gasteiger partial charge in [0.15, 0.2) is 0 Å². The highest BCUT2D eigenvalue weighted by molar-refractivity contribution is 6.22. The van der Waals surface area contributed by atoms with Crippen molar-refractivity contribution in [1.82, 2.24) is 0 Å². The van der Waals surface area contributed by atoms with E-state index in [1.807, 2.05) is 0 Å². The molecule has 0 radical (unpaired) electrons. The van der Waals surface area contributed by atoms with Crippen molar-refractivity contribution in [3.8, 4) is 0 Å². The smallest absolute Gasteiger partial charge is 0.140 e. The minimum atomic E-state index is -0.478. The van der Waals surface area contributed by atoms with Crippen molar-refractivity contribution in [2.45, 2.75) is 20.8 Å². The molecule has 0 atom stereocenters. The molecule has 0 spiro atoms. The molecule has 0 fully saturated rings. The minimum Gasteiger partial charge on any atom is -0.402 e. The maximum atomic E-state index is 14.4. The van der Waals surface area contributed by atoms with Gasteiger partial charge in [0.2, 0.25) is 0 Å². The van der Waals surface area contributed by atoms with Gasteiger partial charge >= 0.3 is 0 Å². The van der Waals surface area contributed by atoms with Crippen molar-refractivity contribution in [2.75, 3.05) is 0 Å². The first-order chi connectivity index (χ1) is 8.27. The summed E-state index contributed by atoms with van der Waals surface area (Å²) in [4.78, 5) is 0. The number of aryl methyl sites for hydroxylation is 1. The molecule has 1 aromatic carbocycles. The van der Waals surface area contributed by atoms with Crippen LogP contribution in [0.1, 0.15) is 30.5 Å². The number of nitrogens with two attached hydrogens (primary N) is 2. The Morgan fingerprint density at radius 3 is 2.22 bits per heavy atom. The summed E-state index contributed by atoms with van der Waals surface area (Å²) in [5, 5.41) is 7.69. The summed E-state index contributed by atoms with van der Waals surface area (Å²) in [7, 11) is 0. The lowest BCUT2D eigenvalue weighted by molar-refractivity contribution is 0.619. The number of hydrogen-bond donors (Lipinski definition) is 3. The Balaban J connectivity index is 3.64. The van der Waals surface area contributed by atoms with Crippen LogP contribution in [-0.4, -0.2) is 5.71 Å². The van der Waals surface area contributed by atoms with Gasteiger partial charge in [-0.05, 0) is 26.3 Å². The second kappa shape index (κ2) is 5.04. The predicted molar refractivity (Wildman–Crippen MR) is 74.5 cm³/mol. The third-order valence-electron chi connectivity index (χ3n) is 2.71. The first-order valence-electron chi connectivity index (χ1n) is 5.53. The minimum absolute atomic E-state index is 0.170. The van der Waals surface area contributed by atoms with Gasteiger partial charge in [0.1, 0.15) is 5.82 Å². The van der Waals surface area contributed by atoms with Gasteiger partial charge in [-0.25, -0.2) is 4.39 Å². The first kappa shape index (κ1) is 14.0. The predicted octanol–water partition coefficient (Wildman–Crippen LogP) is 2.79. The molecule has 3 nitrogen and oxygen atoms in total. The molecule has 0 aromatic heterocycles. The highest BCUT2D eigenvalue weighted by Gasteiger charge is 2.17. The van der Waals surface area contributed by atoms with Crippen LogP contribution in [0, 0.1) is 18.2 Å². The summed E-state index contributed by atoms with van der Waals surface area (Å²) in [6, 6.07) is 3.36. The van der Waals surface area contributed by atoms with E-state index in [1.165, 1.54) is 0 Å². The molecule has 0 aliphatic heterocycles. The lowest BCUT2D eigenvalue weighted by Crippen LogP contribution is -2.09. The van der Waals surface area contributed by atoms with Gasteiger partial charge < -0.3 is 16.9 Å². The first-order valence-corrected chi connectivity index (χ1v) is 5.53. The van der Waals surface area contributed by atoms with E-state index in [-0.39, 0.29) is 22.5 Å². The van der Waals surface area contributed by atoms with Crippen LogP contribution in [0.25, 0.3) is 11.3 Å². The molecule has 0 saturated carbocycles. The van der Waals surface area contributed by atoms with Crippen LogP contribution in [-0.2, 0) is 0 Å². The second-order valence-corrected chi connectivity index (χ2v) is 4.33. The average molecular weight is 247 g/mol. The van der Waals surface area contributed by atoms with Crippen LogP contribution >= 0.6 is 0 Å². The molecule has 0 aliphatic carbocycles. The van der Waals surface area contributed by atoms with Gasteiger partial charge in [0, 0.05) is 33.8 Å². The van der Waals surface area contributed by atoms with E-state index in [9.17, 15) is 4.39 Å². The quantitative estimate of drug-likeness (QED) is 0.718. The molecule has 0 unspecified atom stereocenters. The van der Waals surface area contributed by atoms with E-state index >= 15 is 0 Å². The summed E-state index contributed by atoms with van der Waals surface area (Å²) in [5.74, 6) is -0.478. The monoisotopic (exact) mass is 247 g/mol. The van der Waals surface area contributed by atoms with Crippen molar-refractivity contribution < 1.29 is 4.39 Å². The Kier molecular flexibility index (Phi) is 3.91. The molecule has 1 aromatic rings.